The smallest absolute Gasteiger partial charge is 0.165 e. The number of rotatable bonds is 5. The summed E-state index contributed by atoms with van der Waals surface area (Å²) in [5.41, 5.74) is 5.58. The molecule has 0 radical (unpaired) electrons. The summed E-state index contributed by atoms with van der Waals surface area (Å²) in [6, 6.07) is 12.6. The van der Waals surface area contributed by atoms with Crippen molar-refractivity contribution in [3.05, 3.63) is 60.4 Å². The fourth-order valence-electron chi connectivity index (χ4n) is 3.96. The second-order valence-electron chi connectivity index (χ2n) is 8.22. The number of hydrogen-bond donors (Lipinski definition) is 1. The molecular weight excluding hydrogens is 346 g/mol. The summed E-state index contributed by atoms with van der Waals surface area (Å²) in [7, 11) is 0. The molecule has 28 heavy (non-hydrogen) atoms. The highest BCUT2D eigenvalue weighted by atomic mass is 15.4. The average molecular weight is 377 g/mol. The summed E-state index contributed by atoms with van der Waals surface area (Å²) in [4.78, 5) is 9.05. The number of anilines is 1. The van der Waals surface area contributed by atoms with Gasteiger partial charge in [0, 0.05) is 17.3 Å². The quantitative estimate of drug-likeness (QED) is 0.696. The summed E-state index contributed by atoms with van der Waals surface area (Å²) in [6.07, 6.45) is 1.95. The highest BCUT2D eigenvalue weighted by Crippen LogP contribution is 2.28. The number of aromatic nitrogens is 3. The number of fused-ring (bicyclic) bond motifs is 1. The Hall–Kier alpha value is -2.66. The van der Waals surface area contributed by atoms with E-state index in [0.717, 1.165) is 61.0 Å². The van der Waals surface area contributed by atoms with Crippen LogP contribution in [-0.2, 0) is 0 Å². The van der Waals surface area contributed by atoms with E-state index < -0.39 is 0 Å². The second-order valence-corrected chi connectivity index (χ2v) is 8.22. The van der Waals surface area contributed by atoms with Crippen LogP contribution in [0.3, 0.4) is 0 Å². The minimum atomic E-state index is 0.373. The van der Waals surface area contributed by atoms with Gasteiger partial charge in [0.25, 0.3) is 0 Å². The van der Waals surface area contributed by atoms with E-state index >= 15 is 0 Å². The number of piperazine rings is 1. The van der Waals surface area contributed by atoms with Gasteiger partial charge in [0.15, 0.2) is 5.65 Å². The van der Waals surface area contributed by atoms with Gasteiger partial charge in [-0.15, -0.1) is 0 Å². The standard InChI is InChI=1S/C23H29N5/c1-17(2)16-26-10-12-27(13-11-26)22-14-21(18(3)4)25-23-20(15-24-28(22)23)19-8-6-5-7-9-19/h5-9,14-15,18H,1,10-13,16H2,2-4H3/p+1. The molecule has 1 aliphatic heterocycles. The summed E-state index contributed by atoms with van der Waals surface area (Å²) < 4.78 is 2.03. The normalized spacial score (nSPS) is 15.5. The highest BCUT2D eigenvalue weighted by Gasteiger charge is 2.24. The van der Waals surface area contributed by atoms with Crippen molar-refractivity contribution in [1.29, 1.82) is 0 Å². The Morgan fingerprint density at radius 2 is 1.89 bits per heavy atom. The SMILES string of the molecule is C=C(C)C[NH+]1CCN(c2cc(C(C)C)nc3c(-c4ccccc4)cnn23)CC1. The van der Waals surface area contributed by atoms with Gasteiger partial charge in [0.1, 0.15) is 5.82 Å². The molecule has 0 bridgehead atoms. The molecule has 1 aromatic carbocycles. The fourth-order valence-corrected chi connectivity index (χ4v) is 3.96. The molecule has 0 unspecified atom stereocenters. The summed E-state index contributed by atoms with van der Waals surface area (Å²) in [5, 5.41) is 4.73. The van der Waals surface area contributed by atoms with E-state index in [4.69, 9.17) is 10.1 Å². The molecule has 2 aromatic heterocycles. The maximum atomic E-state index is 4.98. The van der Waals surface area contributed by atoms with Crippen LogP contribution in [0.2, 0.25) is 0 Å². The Bertz CT molecular complexity index is 965. The van der Waals surface area contributed by atoms with E-state index in [-0.39, 0.29) is 0 Å². The Balaban J connectivity index is 1.72. The number of hydrogen-bond acceptors (Lipinski definition) is 3. The van der Waals surface area contributed by atoms with Crippen molar-refractivity contribution >= 4 is 11.5 Å². The minimum Gasteiger partial charge on any atom is -0.345 e. The molecule has 0 aliphatic carbocycles. The first kappa shape index (κ1) is 18.7. The molecule has 0 spiro atoms. The first-order chi connectivity index (χ1) is 13.5. The lowest BCUT2D eigenvalue weighted by Gasteiger charge is -2.34. The van der Waals surface area contributed by atoms with Gasteiger partial charge in [-0.2, -0.15) is 9.61 Å². The van der Waals surface area contributed by atoms with Crippen LogP contribution in [0, 0.1) is 0 Å². The predicted molar refractivity (Wildman–Crippen MR) is 115 cm³/mol. The zero-order chi connectivity index (χ0) is 19.7. The predicted octanol–water partition coefficient (Wildman–Crippen LogP) is 2.80. The summed E-state index contributed by atoms with van der Waals surface area (Å²) in [6.45, 7) is 16.0. The molecule has 1 fully saturated rings. The van der Waals surface area contributed by atoms with Gasteiger partial charge in [0.05, 0.1) is 38.9 Å². The second kappa shape index (κ2) is 7.76. The number of nitrogens with one attached hydrogen (secondary N) is 1. The Morgan fingerprint density at radius 3 is 2.54 bits per heavy atom. The maximum Gasteiger partial charge on any atom is 0.165 e. The molecular formula is C23H30N5+. The molecule has 1 saturated heterocycles. The van der Waals surface area contributed by atoms with Crippen LogP contribution in [0.15, 0.2) is 54.7 Å². The van der Waals surface area contributed by atoms with Gasteiger partial charge in [0.2, 0.25) is 0 Å². The van der Waals surface area contributed by atoms with E-state index in [9.17, 15) is 0 Å². The molecule has 146 valence electrons. The number of quaternary nitrogens is 1. The Kier molecular flexibility index (Phi) is 5.18. The van der Waals surface area contributed by atoms with Crippen LogP contribution in [-0.4, -0.2) is 47.3 Å². The Labute approximate surface area is 167 Å². The molecule has 3 aromatic rings. The largest absolute Gasteiger partial charge is 0.345 e. The summed E-state index contributed by atoms with van der Waals surface area (Å²) in [5.74, 6) is 1.53. The van der Waals surface area contributed by atoms with Crippen molar-refractivity contribution in [2.75, 3.05) is 37.6 Å². The molecule has 1 N–H and O–H groups in total. The maximum absolute atomic E-state index is 4.98. The Morgan fingerprint density at radius 1 is 1.18 bits per heavy atom. The van der Waals surface area contributed by atoms with Crippen LogP contribution in [0.5, 0.6) is 0 Å². The van der Waals surface area contributed by atoms with E-state index in [1.807, 2.05) is 16.8 Å². The van der Waals surface area contributed by atoms with Crippen LogP contribution < -0.4 is 9.80 Å². The molecule has 3 heterocycles. The van der Waals surface area contributed by atoms with E-state index in [1.54, 1.807) is 4.90 Å². The van der Waals surface area contributed by atoms with Crippen molar-refractivity contribution in [1.82, 2.24) is 14.6 Å². The van der Waals surface area contributed by atoms with Gasteiger partial charge in [-0.1, -0.05) is 50.8 Å². The third kappa shape index (κ3) is 3.67. The van der Waals surface area contributed by atoms with Crippen molar-refractivity contribution in [3.8, 4) is 11.1 Å². The van der Waals surface area contributed by atoms with Gasteiger partial charge >= 0.3 is 0 Å². The van der Waals surface area contributed by atoms with Crippen LogP contribution in [0.1, 0.15) is 32.4 Å². The third-order valence-corrected chi connectivity index (χ3v) is 5.50. The molecule has 0 atom stereocenters. The molecule has 0 amide bonds. The molecule has 1 aliphatic rings. The summed E-state index contributed by atoms with van der Waals surface area (Å²) >= 11 is 0. The van der Waals surface area contributed by atoms with E-state index in [2.05, 4.69) is 62.6 Å². The monoisotopic (exact) mass is 376 g/mol. The third-order valence-electron chi connectivity index (χ3n) is 5.50. The van der Waals surface area contributed by atoms with Gasteiger partial charge < -0.3 is 9.80 Å². The zero-order valence-corrected chi connectivity index (χ0v) is 17.2. The van der Waals surface area contributed by atoms with Gasteiger partial charge in [-0.3, -0.25) is 0 Å². The van der Waals surface area contributed by atoms with Gasteiger partial charge in [-0.25, -0.2) is 4.98 Å². The molecule has 0 saturated carbocycles. The molecule has 4 rings (SSSR count). The van der Waals surface area contributed by atoms with Crippen molar-refractivity contribution < 1.29 is 4.90 Å². The van der Waals surface area contributed by atoms with Gasteiger partial charge in [-0.05, 0) is 24.0 Å². The molecule has 5 heteroatoms. The van der Waals surface area contributed by atoms with Crippen molar-refractivity contribution in [2.24, 2.45) is 0 Å². The van der Waals surface area contributed by atoms with Crippen LogP contribution in [0.4, 0.5) is 5.82 Å². The zero-order valence-electron chi connectivity index (χ0n) is 17.2. The van der Waals surface area contributed by atoms with Crippen LogP contribution in [0.25, 0.3) is 16.8 Å². The minimum absolute atomic E-state index is 0.373. The van der Waals surface area contributed by atoms with E-state index in [0.29, 0.717) is 5.92 Å². The van der Waals surface area contributed by atoms with E-state index in [1.165, 1.54) is 5.57 Å². The average Bonchev–Trinajstić information content (AvgIpc) is 3.12. The topological polar surface area (TPSA) is 37.9 Å². The lowest BCUT2D eigenvalue weighted by Crippen LogP contribution is -3.15. The van der Waals surface area contributed by atoms with Crippen molar-refractivity contribution in [3.63, 3.8) is 0 Å². The lowest BCUT2D eigenvalue weighted by atomic mass is 10.1. The lowest BCUT2D eigenvalue weighted by molar-refractivity contribution is -0.895. The number of nitrogens with zero attached hydrogens (tertiary/aromatic N) is 4. The molecule has 5 nitrogen and oxygen atoms in total. The number of benzene rings is 1. The first-order valence-electron chi connectivity index (χ1n) is 10.2. The first-order valence-corrected chi connectivity index (χ1v) is 10.2. The van der Waals surface area contributed by atoms with Crippen LogP contribution >= 0.6 is 0 Å². The highest BCUT2D eigenvalue weighted by molar-refractivity contribution is 5.78. The fraction of sp³-hybridized carbons (Fsp3) is 0.391. The van der Waals surface area contributed by atoms with Crippen molar-refractivity contribution in [2.45, 2.75) is 26.7 Å².